The minimum atomic E-state index is -0.649. The number of hydrogen-bond acceptors (Lipinski definition) is 10. The Hall–Kier alpha value is -3.83. The van der Waals surface area contributed by atoms with Gasteiger partial charge in [-0.3, -0.25) is 14.5 Å². The van der Waals surface area contributed by atoms with Crippen molar-refractivity contribution in [3.8, 4) is 17.2 Å². The molecule has 2 N–H and O–H groups in total. The van der Waals surface area contributed by atoms with Crippen LogP contribution in [-0.4, -0.2) is 67.8 Å². The zero-order valence-electron chi connectivity index (χ0n) is 24.2. The van der Waals surface area contributed by atoms with Gasteiger partial charge in [0.25, 0.3) is 5.91 Å². The average molecular weight is 582 g/mol. The van der Waals surface area contributed by atoms with Gasteiger partial charge in [-0.25, -0.2) is 9.69 Å². The summed E-state index contributed by atoms with van der Waals surface area (Å²) >= 11 is 0. The van der Waals surface area contributed by atoms with Crippen molar-refractivity contribution in [3.63, 3.8) is 0 Å². The summed E-state index contributed by atoms with van der Waals surface area (Å²) < 4.78 is 22.0. The van der Waals surface area contributed by atoms with E-state index in [4.69, 9.17) is 24.8 Å². The monoisotopic (exact) mass is 581 g/mol. The van der Waals surface area contributed by atoms with E-state index in [0.29, 0.717) is 24.0 Å². The number of hydrogen-bond donors (Lipinski definition) is 1. The number of carbonyl (C=O) groups excluding carboxylic acids is 3. The standard InChI is InChI=1S/C31H39N3O8/c1-20(24-8-10-26-25(16-24)11-13-39-26)33(17-21-3-6-23(7-4-21)30(36)42-32)18-22-5-9-27(28(15-22)38-2)40-14-12-34-29(35)19-41-31(34)37/h5,8-10,15-16,20-21,23H,3-4,6-7,11-14,17-19,32H2,1-2H3/t20?,21-,23-. The molecule has 42 heavy (non-hydrogen) atoms. The lowest BCUT2D eigenvalue weighted by Crippen LogP contribution is -2.35. The highest BCUT2D eigenvalue weighted by Crippen LogP contribution is 2.36. The molecular formula is C31H39N3O8. The van der Waals surface area contributed by atoms with Gasteiger partial charge in [-0.1, -0.05) is 18.2 Å². The molecule has 0 aromatic heterocycles. The predicted molar refractivity (Wildman–Crippen MR) is 152 cm³/mol. The van der Waals surface area contributed by atoms with Gasteiger partial charge < -0.3 is 23.8 Å². The molecule has 2 amide bonds. The van der Waals surface area contributed by atoms with E-state index < -0.39 is 6.09 Å². The molecule has 2 aliphatic heterocycles. The van der Waals surface area contributed by atoms with Crippen LogP contribution in [0.3, 0.4) is 0 Å². The second-order valence-corrected chi connectivity index (χ2v) is 11.2. The molecule has 11 heteroatoms. The van der Waals surface area contributed by atoms with Crippen LogP contribution >= 0.6 is 0 Å². The first-order valence-electron chi connectivity index (χ1n) is 14.5. The molecule has 1 atom stereocenters. The van der Waals surface area contributed by atoms with E-state index in [1.807, 2.05) is 18.2 Å². The smallest absolute Gasteiger partial charge is 0.417 e. The third-order valence-electron chi connectivity index (χ3n) is 8.56. The quantitative estimate of drug-likeness (QED) is 0.370. The molecular weight excluding hydrogens is 542 g/mol. The molecule has 2 heterocycles. The van der Waals surface area contributed by atoms with Gasteiger partial charge in [0.05, 0.1) is 26.2 Å². The van der Waals surface area contributed by atoms with Crippen LogP contribution in [0, 0.1) is 11.8 Å². The summed E-state index contributed by atoms with van der Waals surface area (Å²) in [6.07, 6.45) is 3.69. The van der Waals surface area contributed by atoms with Crippen LogP contribution in [0.2, 0.25) is 0 Å². The number of imide groups is 1. The molecule has 2 fully saturated rings. The lowest BCUT2D eigenvalue weighted by molar-refractivity contribution is -0.150. The van der Waals surface area contributed by atoms with Gasteiger partial charge in [-0.05, 0) is 73.4 Å². The number of nitrogens with zero attached hydrogens (tertiary/aromatic N) is 2. The molecule has 5 rings (SSSR count). The summed E-state index contributed by atoms with van der Waals surface area (Å²) in [6.45, 7) is 4.51. The maximum Gasteiger partial charge on any atom is 0.417 e. The number of methoxy groups -OCH3 is 1. The second kappa shape index (κ2) is 13.4. The van der Waals surface area contributed by atoms with Crippen molar-refractivity contribution in [2.24, 2.45) is 17.7 Å². The van der Waals surface area contributed by atoms with Gasteiger partial charge in [-0.15, -0.1) is 0 Å². The third-order valence-corrected chi connectivity index (χ3v) is 8.56. The number of nitrogens with two attached hydrogens (primary N) is 1. The minimum absolute atomic E-state index is 0.102. The molecule has 1 saturated carbocycles. The van der Waals surface area contributed by atoms with E-state index in [2.05, 4.69) is 34.9 Å². The van der Waals surface area contributed by atoms with Crippen molar-refractivity contribution in [1.29, 1.82) is 0 Å². The molecule has 1 saturated heterocycles. The summed E-state index contributed by atoms with van der Waals surface area (Å²) in [5.41, 5.74) is 3.54. The van der Waals surface area contributed by atoms with Crippen LogP contribution in [0.15, 0.2) is 36.4 Å². The van der Waals surface area contributed by atoms with Gasteiger partial charge in [0.2, 0.25) is 0 Å². The summed E-state index contributed by atoms with van der Waals surface area (Å²) in [4.78, 5) is 43.4. The van der Waals surface area contributed by atoms with Gasteiger partial charge >= 0.3 is 12.1 Å². The highest BCUT2D eigenvalue weighted by Gasteiger charge is 2.31. The fourth-order valence-electron chi connectivity index (χ4n) is 6.05. The van der Waals surface area contributed by atoms with Gasteiger partial charge in [0.15, 0.2) is 18.1 Å². The number of fused-ring (bicyclic) bond motifs is 1. The maximum atomic E-state index is 11.9. The van der Waals surface area contributed by atoms with Crippen LogP contribution in [0.25, 0.3) is 0 Å². The molecule has 1 unspecified atom stereocenters. The highest BCUT2D eigenvalue weighted by molar-refractivity contribution is 5.97. The zero-order valence-corrected chi connectivity index (χ0v) is 24.2. The Balaban J connectivity index is 1.28. The number of benzene rings is 2. The Morgan fingerprint density at radius 3 is 2.62 bits per heavy atom. The highest BCUT2D eigenvalue weighted by atomic mass is 16.7. The number of ether oxygens (including phenoxy) is 4. The summed E-state index contributed by atoms with van der Waals surface area (Å²) in [7, 11) is 1.59. The second-order valence-electron chi connectivity index (χ2n) is 11.2. The Morgan fingerprint density at radius 2 is 1.90 bits per heavy atom. The molecule has 0 spiro atoms. The van der Waals surface area contributed by atoms with Gasteiger partial charge in [0.1, 0.15) is 12.4 Å². The van der Waals surface area contributed by atoms with Crippen LogP contribution in [0.5, 0.6) is 17.2 Å². The lowest BCUT2D eigenvalue weighted by Gasteiger charge is -2.35. The fourth-order valence-corrected chi connectivity index (χ4v) is 6.05. The Kier molecular flexibility index (Phi) is 9.48. The van der Waals surface area contributed by atoms with Crippen molar-refractivity contribution >= 4 is 18.0 Å². The molecule has 1 aliphatic carbocycles. The van der Waals surface area contributed by atoms with Gasteiger partial charge in [0, 0.05) is 25.6 Å². The SMILES string of the molecule is COc1cc(CN(C[C@H]2CC[C@H](C(=O)ON)CC2)C(C)c2ccc3c(c2)CCO3)ccc1OCCN1C(=O)COC1=O. The first-order chi connectivity index (χ1) is 20.4. The zero-order chi connectivity index (χ0) is 29.6. The Labute approximate surface area is 245 Å². The number of rotatable bonds is 12. The summed E-state index contributed by atoms with van der Waals surface area (Å²) in [5.74, 6) is 6.83. The van der Waals surface area contributed by atoms with E-state index in [9.17, 15) is 14.4 Å². The number of amides is 2. The average Bonchev–Trinajstić information content (AvgIpc) is 3.62. The van der Waals surface area contributed by atoms with E-state index in [-0.39, 0.29) is 43.6 Å². The van der Waals surface area contributed by atoms with Crippen LogP contribution in [0.1, 0.15) is 55.3 Å². The van der Waals surface area contributed by atoms with Crippen molar-refractivity contribution in [3.05, 3.63) is 53.1 Å². The Bertz CT molecular complexity index is 1280. The molecule has 0 radical (unpaired) electrons. The molecule has 2 aromatic rings. The molecule has 3 aliphatic rings. The topological polar surface area (TPSA) is 130 Å². The predicted octanol–water partition coefficient (Wildman–Crippen LogP) is 3.77. The molecule has 2 aromatic carbocycles. The molecule has 0 bridgehead atoms. The van der Waals surface area contributed by atoms with E-state index in [1.54, 1.807) is 7.11 Å². The normalized spacial score (nSPS) is 20.6. The maximum absolute atomic E-state index is 11.9. The van der Waals surface area contributed by atoms with Crippen molar-refractivity contribution < 1.29 is 38.2 Å². The minimum Gasteiger partial charge on any atom is -0.493 e. The van der Waals surface area contributed by atoms with Crippen molar-refractivity contribution in [1.82, 2.24) is 9.80 Å². The van der Waals surface area contributed by atoms with E-state index >= 15 is 0 Å². The van der Waals surface area contributed by atoms with Crippen molar-refractivity contribution in [2.75, 3.05) is 40.0 Å². The first kappa shape index (κ1) is 29.7. The van der Waals surface area contributed by atoms with Crippen LogP contribution in [-0.2, 0) is 32.1 Å². The third kappa shape index (κ3) is 6.79. The molecule has 11 nitrogen and oxygen atoms in total. The Morgan fingerprint density at radius 1 is 1.10 bits per heavy atom. The number of carbonyl (C=O) groups is 3. The first-order valence-corrected chi connectivity index (χ1v) is 14.5. The summed E-state index contributed by atoms with van der Waals surface area (Å²) in [6, 6.07) is 12.5. The summed E-state index contributed by atoms with van der Waals surface area (Å²) in [5, 5.41) is 0. The number of cyclic esters (lactones) is 1. The van der Waals surface area contributed by atoms with Gasteiger partial charge in [-0.2, -0.15) is 5.90 Å². The lowest BCUT2D eigenvalue weighted by atomic mass is 9.81. The van der Waals surface area contributed by atoms with Crippen LogP contribution in [0.4, 0.5) is 4.79 Å². The fraction of sp³-hybridized carbons (Fsp3) is 0.516. The largest absolute Gasteiger partial charge is 0.493 e. The molecule has 226 valence electrons. The van der Waals surface area contributed by atoms with E-state index in [1.165, 1.54) is 11.1 Å². The van der Waals surface area contributed by atoms with Crippen molar-refractivity contribution in [2.45, 2.75) is 51.6 Å². The van der Waals surface area contributed by atoms with Crippen LogP contribution < -0.4 is 20.1 Å². The van der Waals surface area contributed by atoms with E-state index in [0.717, 1.165) is 61.5 Å².